The molecule has 17 heavy (non-hydrogen) atoms. The Labute approximate surface area is 104 Å². The van der Waals surface area contributed by atoms with Crippen LogP contribution in [0, 0.1) is 0 Å². The minimum Gasteiger partial charge on any atom is -0.286 e. The van der Waals surface area contributed by atoms with Crippen LogP contribution in [0.3, 0.4) is 0 Å². The lowest BCUT2D eigenvalue weighted by Gasteiger charge is -2.01. The second-order valence-corrected chi connectivity index (χ2v) is 3.60. The third kappa shape index (κ3) is 5.25. The largest absolute Gasteiger partial charge is 0.286 e. The summed E-state index contributed by atoms with van der Waals surface area (Å²) in [6.07, 6.45) is 18.6. The van der Waals surface area contributed by atoms with Gasteiger partial charge in [0, 0.05) is 13.6 Å². The third-order valence-electron chi connectivity index (χ3n) is 2.31. The van der Waals surface area contributed by atoms with Crippen LogP contribution in [-0.2, 0) is 0 Å². The molecule has 2 nitrogen and oxygen atoms in total. The van der Waals surface area contributed by atoms with Crippen molar-refractivity contribution in [1.29, 1.82) is 0 Å². The van der Waals surface area contributed by atoms with E-state index in [2.05, 4.69) is 46.4 Å². The molecule has 0 aliphatic heterocycles. The van der Waals surface area contributed by atoms with Gasteiger partial charge in [-0.1, -0.05) is 36.5 Å². The van der Waals surface area contributed by atoms with Gasteiger partial charge in [-0.15, -0.1) is 0 Å². The Morgan fingerprint density at radius 2 is 1.53 bits per heavy atom. The van der Waals surface area contributed by atoms with Gasteiger partial charge in [0.1, 0.15) is 0 Å². The first-order valence-corrected chi connectivity index (χ1v) is 6.04. The highest BCUT2D eigenvalue weighted by Gasteiger charge is 2.00. The molecule has 0 saturated carbocycles. The van der Waals surface area contributed by atoms with E-state index in [0.29, 0.717) is 0 Å². The Balaban J connectivity index is 2.96. The number of allylic oxidation sites excluding steroid dienone is 8. The van der Waals surface area contributed by atoms with Crippen molar-refractivity contribution >= 4 is 11.4 Å². The van der Waals surface area contributed by atoms with E-state index in [9.17, 15) is 0 Å². The molecule has 0 aromatic rings. The van der Waals surface area contributed by atoms with Crippen LogP contribution in [-0.4, -0.2) is 25.0 Å². The maximum Gasteiger partial charge on any atom is 0.0822 e. The molecule has 0 fully saturated rings. The summed E-state index contributed by atoms with van der Waals surface area (Å²) in [7, 11) is 1.81. The van der Waals surface area contributed by atoms with Crippen LogP contribution in [0.25, 0.3) is 0 Å². The molecule has 0 heterocycles. The summed E-state index contributed by atoms with van der Waals surface area (Å²) in [5.74, 6) is 0. The molecule has 0 N–H and O–H groups in total. The van der Waals surface area contributed by atoms with Gasteiger partial charge >= 0.3 is 0 Å². The van der Waals surface area contributed by atoms with E-state index in [-0.39, 0.29) is 0 Å². The number of rotatable bonds is 1. The topological polar surface area (TPSA) is 24.7 Å². The molecule has 0 aromatic heterocycles. The molecule has 0 aromatic carbocycles. The summed E-state index contributed by atoms with van der Waals surface area (Å²) in [6.45, 7) is 2.82. The predicted octanol–water partition coefficient (Wildman–Crippen LogP) is 3.54. The third-order valence-corrected chi connectivity index (χ3v) is 2.31. The number of hydrogen-bond donors (Lipinski definition) is 0. The Morgan fingerprint density at radius 1 is 0.941 bits per heavy atom. The molecule has 0 amide bonds. The van der Waals surface area contributed by atoms with E-state index < -0.39 is 0 Å². The molecule has 0 saturated heterocycles. The van der Waals surface area contributed by atoms with Gasteiger partial charge in [0.25, 0.3) is 0 Å². The monoisotopic (exact) mass is 228 g/mol. The average Bonchev–Trinajstić information content (AvgIpc) is 2.33. The zero-order chi connectivity index (χ0) is 12.3. The average molecular weight is 228 g/mol. The van der Waals surface area contributed by atoms with Gasteiger partial charge in [0.2, 0.25) is 0 Å². The van der Waals surface area contributed by atoms with E-state index >= 15 is 0 Å². The van der Waals surface area contributed by atoms with Crippen molar-refractivity contribution < 1.29 is 0 Å². The molecule has 1 rings (SSSR count). The van der Waals surface area contributed by atoms with Crippen molar-refractivity contribution in [3.05, 3.63) is 48.6 Å². The highest BCUT2D eigenvalue weighted by Crippen LogP contribution is 1.98. The summed E-state index contributed by atoms with van der Waals surface area (Å²) in [5.41, 5.74) is 1.91. The minimum atomic E-state index is 0.780. The molecule has 0 spiro atoms. The van der Waals surface area contributed by atoms with E-state index in [1.165, 1.54) is 0 Å². The van der Waals surface area contributed by atoms with E-state index in [1.807, 2.05) is 19.1 Å². The number of nitrogens with zero attached hydrogens (tertiary/aromatic N) is 2. The lowest BCUT2D eigenvalue weighted by Crippen LogP contribution is -2.09. The first-order valence-electron chi connectivity index (χ1n) is 6.04. The van der Waals surface area contributed by atoms with Crippen molar-refractivity contribution in [3.63, 3.8) is 0 Å². The smallest absolute Gasteiger partial charge is 0.0822 e. The van der Waals surface area contributed by atoms with E-state index in [0.717, 1.165) is 30.8 Å². The van der Waals surface area contributed by atoms with Gasteiger partial charge in [-0.3, -0.25) is 9.98 Å². The minimum absolute atomic E-state index is 0.780. The SMILES string of the molecule is CCN=C1/C=C\C/C=C\C=C/C/C=C\C1=NC. The summed E-state index contributed by atoms with van der Waals surface area (Å²) in [4.78, 5) is 8.75. The fraction of sp³-hybridized carbons (Fsp3) is 0.333. The molecule has 0 radical (unpaired) electrons. The van der Waals surface area contributed by atoms with Crippen molar-refractivity contribution in [2.45, 2.75) is 19.8 Å². The first kappa shape index (κ1) is 13.4. The standard InChI is InChI=1S/C15H20N2/c1-3-17-15-13-11-9-7-5-4-6-8-10-12-14(15)16-2/h4-7,10-13H,3,8-9H2,1-2H3/b6-4-,7-5-,12-10-,13-11-,16-14?,17-15?. The summed E-state index contributed by atoms with van der Waals surface area (Å²) in [6, 6.07) is 0. The van der Waals surface area contributed by atoms with Gasteiger partial charge < -0.3 is 0 Å². The van der Waals surface area contributed by atoms with Crippen molar-refractivity contribution in [3.8, 4) is 0 Å². The maximum absolute atomic E-state index is 4.47. The van der Waals surface area contributed by atoms with E-state index in [4.69, 9.17) is 0 Å². The van der Waals surface area contributed by atoms with Gasteiger partial charge in [-0.2, -0.15) is 0 Å². The van der Waals surface area contributed by atoms with Crippen molar-refractivity contribution in [1.82, 2.24) is 0 Å². The first-order chi connectivity index (χ1) is 8.38. The Hall–Kier alpha value is -1.70. The normalized spacial score (nSPS) is 29.3. The molecule has 2 heteroatoms. The zero-order valence-corrected chi connectivity index (χ0v) is 10.6. The van der Waals surface area contributed by atoms with Crippen LogP contribution < -0.4 is 0 Å². The molecular weight excluding hydrogens is 208 g/mol. The summed E-state index contributed by atoms with van der Waals surface area (Å²) >= 11 is 0. The fourth-order valence-corrected chi connectivity index (χ4v) is 1.49. The summed E-state index contributed by atoms with van der Waals surface area (Å²) in [5, 5.41) is 0. The van der Waals surface area contributed by atoms with Crippen molar-refractivity contribution in [2.75, 3.05) is 13.6 Å². The predicted molar refractivity (Wildman–Crippen MR) is 77.1 cm³/mol. The number of aliphatic imine (C=N–C) groups is 2. The lowest BCUT2D eigenvalue weighted by molar-refractivity contribution is 1.14. The van der Waals surface area contributed by atoms with Crippen LogP contribution in [0.5, 0.6) is 0 Å². The molecule has 0 unspecified atom stereocenters. The molecule has 0 atom stereocenters. The maximum atomic E-state index is 4.47. The molecule has 1 aliphatic carbocycles. The highest BCUT2D eigenvalue weighted by molar-refractivity contribution is 6.50. The fourth-order valence-electron chi connectivity index (χ4n) is 1.49. The van der Waals surface area contributed by atoms with Crippen molar-refractivity contribution in [2.24, 2.45) is 9.98 Å². The second kappa shape index (κ2) is 8.45. The Bertz CT molecular complexity index is 393. The molecule has 1 aliphatic rings. The van der Waals surface area contributed by atoms with Crippen LogP contribution in [0.15, 0.2) is 58.6 Å². The van der Waals surface area contributed by atoms with Crippen LogP contribution in [0.4, 0.5) is 0 Å². The highest BCUT2D eigenvalue weighted by atomic mass is 14.8. The number of hydrogen-bond acceptors (Lipinski definition) is 2. The van der Waals surface area contributed by atoms with Crippen LogP contribution in [0.2, 0.25) is 0 Å². The lowest BCUT2D eigenvalue weighted by atomic mass is 10.1. The van der Waals surface area contributed by atoms with Gasteiger partial charge in [0.05, 0.1) is 11.4 Å². The Kier molecular flexibility index (Phi) is 6.64. The molecule has 0 bridgehead atoms. The van der Waals surface area contributed by atoms with Gasteiger partial charge in [-0.05, 0) is 31.9 Å². The zero-order valence-electron chi connectivity index (χ0n) is 10.6. The van der Waals surface area contributed by atoms with Crippen LogP contribution in [0.1, 0.15) is 19.8 Å². The van der Waals surface area contributed by atoms with Gasteiger partial charge in [0.15, 0.2) is 0 Å². The van der Waals surface area contributed by atoms with E-state index in [1.54, 1.807) is 7.05 Å². The second-order valence-electron chi connectivity index (χ2n) is 3.60. The Morgan fingerprint density at radius 3 is 2.06 bits per heavy atom. The quantitative estimate of drug-likeness (QED) is 0.656. The molecular formula is C15H20N2. The summed E-state index contributed by atoms with van der Waals surface area (Å²) < 4.78 is 0. The van der Waals surface area contributed by atoms with Crippen LogP contribution >= 0.6 is 0 Å². The van der Waals surface area contributed by atoms with Gasteiger partial charge in [-0.25, -0.2) is 0 Å². The molecule has 90 valence electrons.